The molecule has 0 aliphatic heterocycles. The number of hydrogen-bond donors (Lipinski definition) is 2. The first-order valence-corrected chi connectivity index (χ1v) is 7.89. The molecule has 2 rings (SSSR count). The molecule has 1 heterocycles. The molecule has 7 heteroatoms. The molecule has 1 aromatic heterocycles. The molecule has 0 atom stereocenters. The predicted octanol–water partition coefficient (Wildman–Crippen LogP) is 4.73. The minimum Gasteiger partial charge on any atom is -0.478 e. The van der Waals surface area contributed by atoms with Gasteiger partial charge in [-0.2, -0.15) is 0 Å². The Balaban J connectivity index is 2.36. The van der Waals surface area contributed by atoms with E-state index >= 15 is 0 Å². The van der Waals surface area contributed by atoms with Gasteiger partial charge >= 0.3 is 5.97 Å². The Labute approximate surface area is 138 Å². The van der Waals surface area contributed by atoms with Crippen molar-refractivity contribution >= 4 is 55.7 Å². The molecule has 0 fully saturated rings. The van der Waals surface area contributed by atoms with Crippen molar-refractivity contribution in [2.24, 2.45) is 0 Å². The molecule has 0 radical (unpaired) electrons. The van der Waals surface area contributed by atoms with E-state index < -0.39 is 5.97 Å². The van der Waals surface area contributed by atoms with Gasteiger partial charge in [-0.25, -0.2) is 4.79 Å². The van der Waals surface area contributed by atoms with Crippen LogP contribution in [0.4, 0.5) is 5.00 Å². The molecular formula is C14H11BrClNO3S. The average Bonchev–Trinajstić information content (AvgIpc) is 2.64. The van der Waals surface area contributed by atoms with Gasteiger partial charge in [0.1, 0.15) is 5.00 Å². The van der Waals surface area contributed by atoms with Gasteiger partial charge in [0.15, 0.2) is 0 Å². The molecular weight excluding hydrogens is 378 g/mol. The van der Waals surface area contributed by atoms with Crippen molar-refractivity contribution in [1.82, 2.24) is 0 Å². The maximum absolute atomic E-state index is 12.3. The van der Waals surface area contributed by atoms with Gasteiger partial charge in [0.25, 0.3) is 5.91 Å². The second-order valence-corrected chi connectivity index (χ2v) is 6.89. The van der Waals surface area contributed by atoms with E-state index in [0.717, 1.165) is 4.88 Å². The monoisotopic (exact) mass is 387 g/mol. The Morgan fingerprint density at radius 3 is 2.57 bits per heavy atom. The Morgan fingerprint density at radius 2 is 2.00 bits per heavy atom. The van der Waals surface area contributed by atoms with E-state index in [9.17, 15) is 14.7 Å². The van der Waals surface area contributed by atoms with Crippen LogP contribution >= 0.6 is 38.9 Å². The van der Waals surface area contributed by atoms with Gasteiger partial charge in [0.2, 0.25) is 0 Å². The van der Waals surface area contributed by atoms with Crippen LogP contribution in [0.25, 0.3) is 0 Å². The summed E-state index contributed by atoms with van der Waals surface area (Å²) in [6.07, 6.45) is 0. The van der Waals surface area contributed by atoms with Crippen molar-refractivity contribution in [1.29, 1.82) is 0 Å². The zero-order valence-electron chi connectivity index (χ0n) is 11.2. The summed E-state index contributed by atoms with van der Waals surface area (Å²) < 4.78 is 0.550. The smallest absolute Gasteiger partial charge is 0.338 e. The summed E-state index contributed by atoms with van der Waals surface area (Å²) in [5.74, 6) is -1.44. The Kier molecular flexibility index (Phi) is 4.70. The van der Waals surface area contributed by atoms with Gasteiger partial charge in [-0.3, -0.25) is 4.79 Å². The lowest BCUT2D eigenvalue weighted by atomic mass is 10.1. The lowest BCUT2D eigenvalue weighted by molar-refractivity contribution is 0.0697. The molecule has 0 bridgehead atoms. The second-order valence-electron chi connectivity index (χ2n) is 4.37. The summed E-state index contributed by atoms with van der Waals surface area (Å²) in [7, 11) is 0. The molecule has 2 aromatic rings. The first-order chi connectivity index (χ1) is 9.81. The molecule has 0 aliphatic carbocycles. The predicted molar refractivity (Wildman–Crippen MR) is 87.9 cm³/mol. The molecule has 1 aromatic carbocycles. The molecule has 0 spiro atoms. The third-order valence-corrected chi connectivity index (χ3v) is 5.02. The second kappa shape index (κ2) is 6.17. The topological polar surface area (TPSA) is 66.4 Å². The van der Waals surface area contributed by atoms with Crippen LogP contribution in [-0.2, 0) is 0 Å². The van der Waals surface area contributed by atoms with Gasteiger partial charge in [0, 0.05) is 14.4 Å². The summed E-state index contributed by atoms with van der Waals surface area (Å²) in [6, 6.07) is 4.79. The number of halogens is 2. The van der Waals surface area contributed by atoms with Crippen LogP contribution < -0.4 is 5.32 Å². The van der Waals surface area contributed by atoms with Crippen molar-refractivity contribution in [2.45, 2.75) is 13.8 Å². The highest BCUT2D eigenvalue weighted by atomic mass is 79.9. The third-order valence-electron chi connectivity index (χ3n) is 3.00. The van der Waals surface area contributed by atoms with Gasteiger partial charge in [-0.15, -0.1) is 11.3 Å². The lowest BCUT2D eigenvalue weighted by Gasteiger charge is -2.07. The van der Waals surface area contributed by atoms with Crippen LogP contribution in [0.3, 0.4) is 0 Å². The number of carbonyl (C=O) groups excluding carboxylic acids is 1. The van der Waals surface area contributed by atoms with E-state index in [-0.39, 0.29) is 11.5 Å². The van der Waals surface area contributed by atoms with Crippen LogP contribution in [0.1, 0.15) is 31.2 Å². The van der Waals surface area contributed by atoms with E-state index in [0.29, 0.717) is 25.6 Å². The molecule has 0 aliphatic rings. The Hall–Kier alpha value is -1.37. The van der Waals surface area contributed by atoms with Crippen molar-refractivity contribution in [3.05, 3.63) is 49.3 Å². The number of carboxylic acids is 1. The highest BCUT2D eigenvalue weighted by Gasteiger charge is 2.21. The summed E-state index contributed by atoms with van der Waals surface area (Å²) in [4.78, 5) is 24.4. The summed E-state index contributed by atoms with van der Waals surface area (Å²) in [6.45, 7) is 3.55. The fourth-order valence-corrected chi connectivity index (χ4v) is 3.73. The fourth-order valence-electron chi connectivity index (χ4n) is 1.82. The molecule has 1 amide bonds. The number of carboxylic acid groups (broad SMARTS) is 1. The number of aromatic carboxylic acids is 1. The van der Waals surface area contributed by atoms with Gasteiger partial charge in [-0.1, -0.05) is 11.6 Å². The number of carbonyl (C=O) groups is 2. The zero-order valence-corrected chi connectivity index (χ0v) is 14.3. The molecule has 2 N–H and O–H groups in total. The van der Waals surface area contributed by atoms with Gasteiger partial charge < -0.3 is 10.4 Å². The van der Waals surface area contributed by atoms with Gasteiger partial charge in [-0.05, 0) is 53.5 Å². The molecule has 21 heavy (non-hydrogen) atoms. The maximum Gasteiger partial charge on any atom is 0.338 e. The first-order valence-electron chi connectivity index (χ1n) is 5.91. The zero-order chi connectivity index (χ0) is 15.7. The number of benzene rings is 1. The van der Waals surface area contributed by atoms with E-state index in [1.165, 1.54) is 11.3 Å². The fraction of sp³-hybridized carbons (Fsp3) is 0.143. The van der Waals surface area contributed by atoms with Crippen molar-refractivity contribution in [2.75, 3.05) is 5.32 Å². The normalized spacial score (nSPS) is 10.5. The van der Waals surface area contributed by atoms with E-state index in [4.69, 9.17) is 11.6 Å². The van der Waals surface area contributed by atoms with Crippen molar-refractivity contribution in [3.8, 4) is 0 Å². The van der Waals surface area contributed by atoms with E-state index in [1.807, 2.05) is 6.92 Å². The molecule has 0 saturated carbocycles. The Bertz CT molecular complexity index is 742. The minimum atomic E-state index is -1.05. The number of thiophene rings is 1. The number of hydrogen-bond acceptors (Lipinski definition) is 3. The lowest BCUT2D eigenvalue weighted by Crippen LogP contribution is -2.14. The van der Waals surface area contributed by atoms with Crippen LogP contribution in [0.5, 0.6) is 0 Å². The number of rotatable bonds is 3. The first kappa shape index (κ1) is 16.0. The van der Waals surface area contributed by atoms with Gasteiger partial charge in [0.05, 0.1) is 11.1 Å². The SMILES string of the molecule is Cc1sc(NC(=O)c2ccc(Cl)cc2Br)c(C(=O)O)c1C. The van der Waals surface area contributed by atoms with Crippen molar-refractivity contribution < 1.29 is 14.7 Å². The maximum atomic E-state index is 12.3. The standard InChI is InChI=1S/C14H11BrClNO3S/c1-6-7(2)21-13(11(6)14(19)20)17-12(18)9-4-3-8(16)5-10(9)15/h3-5H,1-2H3,(H,17,18)(H,19,20). The molecule has 0 saturated heterocycles. The van der Waals surface area contributed by atoms with Crippen LogP contribution in [0.2, 0.25) is 5.02 Å². The third kappa shape index (κ3) is 3.28. The summed E-state index contributed by atoms with van der Waals surface area (Å²) in [5, 5.41) is 12.8. The molecule has 4 nitrogen and oxygen atoms in total. The number of amides is 1. The Morgan fingerprint density at radius 1 is 1.33 bits per heavy atom. The summed E-state index contributed by atoms with van der Waals surface area (Å²) in [5.41, 5.74) is 1.19. The quantitative estimate of drug-likeness (QED) is 0.798. The highest BCUT2D eigenvalue weighted by Crippen LogP contribution is 2.33. The highest BCUT2D eigenvalue weighted by molar-refractivity contribution is 9.10. The number of aryl methyl sites for hydroxylation is 1. The summed E-state index contributed by atoms with van der Waals surface area (Å²) >= 11 is 10.4. The molecule has 110 valence electrons. The molecule has 0 unspecified atom stereocenters. The number of nitrogens with one attached hydrogen (secondary N) is 1. The largest absolute Gasteiger partial charge is 0.478 e. The average molecular weight is 389 g/mol. The van der Waals surface area contributed by atoms with Crippen LogP contribution in [-0.4, -0.2) is 17.0 Å². The van der Waals surface area contributed by atoms with E-state index in [2.05, 4.69) is 21.2 Å². The minimum absolute atomic E-state index is 0.135. The van der Waals surface area contributed by atoms with Crippen molar-refractivity contribution in [3.63, 3.8) is 0 Å². The van der Waals surface area contributed by atoms with E-state index in [1.54, 1.807) is 25.1 Å². The van der Waals surface area contributed by atoms with Crippen LogP contribution in [0.15, 0.2) is 22.7 Å². The van der Waals surface area contributed by atoms with Crippen LogP contribution in [0, 0.1) is 13.8 Å². The number of anilines is 1.